The number of amides is 1. The third-order valence-electron chi connectivity index (χ3n) is 4.36. The SMILES string of the molecule is Cc1cc(C)n(CC2CN(C(=O)C(N)c3ccccc3)CCO2)n1. The van der Waals surface area contributed by atoms with Crippen LogP contribution in [0.3, 0.4) is 0 Å². The summed E-state index contributed by atoms with van der Waals surface area (Å²) < 4.78 is 7.75. The highest BCUT2D eigenvalue weighted by atomic mass is 16.5. The predicted molar refractivity (Wildman–Crippen MR) is 91.4 cm³/mol. The largest absolute Gasteiger partial charge is 0.373 e. The molecule has 1 aromatic heterocycles. The molecule has 2 atom stereocenters. The van der Waals surface area contributed by atoms with Gasteiger partial charge in [-0.2, -0.15) is 5.10 Å². The molecular formula is C18H24N4O2. The van der Waals surface area contributed by atoms with E-state index in [1.165, 1.54) is 0 Å². The van der Waals surface area contributed by atoms with Crippen LogP contribution >= 0.6 is 0 Å². The summed E-state index contributed by atoms with van der Waals surface area (Å²) in [5.41, 5.74) is 9.07. The van der Waals surface area contributed by atoms with Crippen molar-refractivity contribution in [1.29, 1.82) is 0 Å². The topological polar surface area (TPSA) is 73.4 Å². The van der Waals surface area contributed by atoms with Crippen molar-refractivity contribution in [2.75, 3.05) is 19.7 Å². The van der Waals surface area contributed by atoms with Gasteiger partial charge in [0.2, 0.25) is 5.91 Å². The number of nitrogens with two attached hydrogens (primary N) is 1. The van der Waals surface area contributed by atoms with E-state index in [1.54, 1.807) is 4.90 Å². The number of ether oxygens (including phenoxy) is 1. The summed E-state index contributed by atoms with van der Waals surface area (Å²) >= 11 is 0. The van der Waals surface area contributed by atoms with Crippen LogP contribution in [-0.4, -0.2) is 46.4 Å². The number of morpholine rings is 1. The van der Waals surface area contributed by atoms with Crippen LogP contribution in [0.4, 0.5) is 0 Å². The third-order valence-corrected chi connectivity index (χ3v) is 4.36. The van der Waals surface area contributed by atoms with E-state index in [4.69, 9.17) is 10.5 Å². The monoisotopic (exact) mass is 328 g/mol. The highest BCUT2D eigenvalue weighted by Crippen LogP contribution is 2.16. The van der Waals surface area contributed by atoms with Gasteiger partial charge in [-0.15, -0.1) is 0 Å². The van der Waals surface area contributed by atoms with Crippen molar-refractivity contribution < 1.29 is 9.53 Å². The summed E-state index contributed by atoms with van der Waals surface area (Å²) in [5.74, 6) is -0.0529. The predicted octanol–water partition coefficient (Wildman–Crippen LogP) is 1.43. The normalized spacial score (nSPS) is 19.3. The first kappa shape index (κ1) is 16.7. The quantitative estimate of drug-likeness (QED) is 0.921. The molecule has 2 aromatic rings. The van der Waals surface area contributed by atoms with Crippen molar-refractivity contribution in [3.05, 3.63) is 53.3 Å². The maximum absolute atomic E-state index is 12.7. The van der Waals surface area contributed by atoms with Crippen molar-refractivity contribution in [2.45, 2.75) is 32.5 Å². The summed E-state index contributed by atoms with van der Waals surface area (Å²) in [7, 11) is 0. The van der Waals surface area contributed by atoms with Crippen LogP contribution in [0.25, 0.3) is 0 Å². The lowest BCUT2D eigenvalue weighted by Gasteiger charge is -2.34. The Balaban J connectivity index is 1.64. The van der Waals surface area contributed by atoms with Crippen molar-refractivity contribution in [3.8, 4) is 0 Å². The van der Waals surface area contributed by atoms with E-state index in [9.17, 15) is 4.79 Å². The highest BCUT2D eigenvalue weighted by molar-refractivity contribution is 5.83. The number of nitrogens with zero attached hydrogens (tertiary/aromatic N) is 3. The Bertz CT molecular complexity index is 698. The molecule has 1 aliphatic heterocycles. The van der Waals surface area contributed by atoms with Gasteiger partial charge < -0.3 is 15.4 Å². The third kappa shape index (κ3) is 3.66. The fourth-order valence-electron chi connectivity index (χ4n) is 3.08. The summed E-state index contributed by atoms with van der Waals surface area (Å²) in [6, 6.07) is 10.9. The fraction of sp³-hybridized carbons (Fsp3) is 0.444. The lowest BCUT2D eigenvalue weighted by Crippen LogP contribution is -2.49. The molecule has 128 valence electrons. The van der Waals surface area contributed by atoms with Gasteiger partial charge in [0.25, 0.3) is 0 Å². The number of carbonyl (C=O) groups excluding carboxylic acids is 1. The number of rotatable bonds is 4. The molecule has 0 bridgehead atoms. The van der Waals surface area contributed by atoms with Crippen molar-refractivity contribution in [2.24, 2.45) is 5.73 Å². The van der Waals surface area contributed by atoms with E-state index in [0.717, 1.165) is 17.0 Å². The number of aromatic nitrogens is 2. The Morgan fingerprint density at radius 1 is 1.38 bits per heavy atom. The van der Waals surface area contributed by atoms with E-state index in [0.29, 0.717) is 26.2 Å². The molecule has 6 nitrogen and oxygen atoms in total. The Morgan fingerprint density at radius 3 is 2.79 bits per heavy atom. The highest BCUT2D eigenvalue weighted by Gasteiger charge is 2.28. The van der Waals surface area contributed by atoms with Crippen LogP contribution in [0, 0.1) is 13.8 Å². The van der Waals surface area contributed by atoms with Gasteiger partial charge in [0.15, 0.2) is 0 Å². The van der Waals surface area contributed by atoms with Gasteiger partial charge in [0, 0.05) is 18.8 Å². The Morgan fingerprint density at radius 2 is 2.12 bits per heavy atom. The first-order chi connectivity index (χ1) is 11.5. The zero-order chi connectivity index (χ0) is 17.1. The lowest BCUT2D eigenvalue weighted by atomic mass is 10.1. The molecule has 0 saturated carbocycles. The molecule has 0 spiro atoms. The molecule has 1 fully saturated rings. The molecule has 3 rings (SSSR count). The standard InChI is InChI=1S/C18H24N4O2/c1-13-10-14(2)22(20-13)12-16-11-21(8-9-24-16)18(23)17(19)15-6-4-3-5-7-15/h3-7,10,16-17H,8-9,11-12,19H2,1-2H3. The van der Waals surface area contributed by atoms with E-state index in [1.807, 2.05) is 54.9 Å². The van der Waals surface area contributed by atoms with Crippen molar-refractivity contribution >= 4 is 5.91 Å². The molecule has 2 heterocycles. The summed E-state index contributed by atoms with van der Waals surface area (Å²) in [4.78, 5) is 14.5. The maximum atomic E-state index is 12.7. The van der Waals surface area contributed by atoms with E-state index >= 15 is 0 Å². The zero-order valence-electron chi connectivity index (χ0n) is 14.2. The van der Waals surface area contributed by atoms with Gasteiger partial charge >= 0.3 is 0 Å². The van der Waals surface area contributed by atoms with Crippen LogP contribution in [0.2, 0.25) is 0 Å². The molecule has 1 saturated heterocycles. The second-order valence-electron chi connectivity index (χ2n) is 6.27. The fourth-order valence-corrected chi connectivity index (χ4v) is 3.08. The number of hydrogen-bond donors (Lipinski definition) is 1. The number of carbonyl (C=O) groups is 1. The molecule has 0 aliphatic carbocycles. The van der Waals surface area contributed by atoms with Crippen molar-refractivity contribution in [1.82, 2.24) is 14.7 Å². The lowest BCUT2D eigenvalue weighted by molar-refractivity contribution is -0.140. The van der Waals surface area contributed by atoms with E-state index < -0.39 is 6.04 Å². The second kappa shape index (κ2) is 7.15. The van der Waals surface area contributed by atoms with Crippen LogP contribution in [-0.2, 0) is 16.1 Å². The molecule has 1 aliphatic rings. The van der Waals surface area contributed by atoms with Gasteiger partial charge in [-0.1, -0.05) is 30.3 Å². The molecule has 0 radical (unpaired) electrons. The minimum absolute atomic E-state index is 0.0529. The Labute approximate surface area is 142 Å². The molecule has 2 unspecified atom stereocenters. The molecule has 24 heavy (non-hydrogen) atoms. The van der Waals surface area contributed by atoms with Crippen LogP contribution < -0.4 is 5.73 Å². The average molecular weight is 328 g/mol. The Hall–Kier alpha value is -2.18. The number of benzene rings is 1. The number of aryl methyl sites for hydroxylation is 2. The Kier molecular flexibility index (Phi) is 4.97. The van der Waals surface area contributed by atoms with E-state index in [-0.39, 0.29) is 12.0 Å². The van der Waals surface area contributed by atoms with Crippen molar-refractivity contribution in [3.63, 3.8) is 0 Å². The first-order valence-electron chi connectivity index (χ1n) is 8.26. The first-order valence-corrected chi connectivity index (χ1v) is 8.26. The summed E-state index contributed by atoms with van der Waals surface area (Å²) in [6.45, 7) is 6.28. The smallest absolute Gasteiger partial charge is 0.244 e. The summed E-state index contributed by atoms with van der Waals surface area (Å²) in [5, 5.41) is 4.47. The molecular weight excluding hydrogens is 304 g/mol. The molecule has 2 N–H and O–H groups in total. The molecule has 1 amide bonds. The van der Waals surface area contributed by atoms with E-state index in [2.05, 4.69) is 5.10 Å². The van der Waals surface area contributed by atoms with Gasteiger partial charge in [-0.3, -0.25) is 9.48 Å². The van der Waals surface area contributed by atoms with Gasteiger partial charge in [0.05, 0.1) is 24.9 Å². The van der Waals surface area contributed by atoms with Gasteiger partial charge in [-0.25, -0.2) is 0 Å². The number of hydrogen-bond acceptors (Lipinski definition) is 4. The molecule has 6 heteroatoms. The van der Waals surface area contributed by atoms with Crippen LogP contribution in [0.1, 0.15) is 23.0 Å². The minimum Gasteiger partial charge on any atom is -0.373 e. The van der Waals surface area contributed by atoms with Gasteiger partial charge in [-0.05, 0) is 25.5 Å². The molecule has 1 aromatic carbocycles. The zero-order valence-corrected chi connectivity index (χ0v) is 14.2. The summed E-state index contributed by atoms with van der Waals surface area (Å²) in [6.07, 6.45) is -0.0660. The average Bonchev–Trinajstić information content (AvgIpc) is 2.92. The van der Waals surface area contributed by atoms with Crippen LogP contribution in [0.5, 0.6) is 0 Å². The maximum Gasteiger partial charge on any atom is 0.244 e. The van der Waals surface area contributed by atoms with Gasteiger partial charge in [0.1, 0.15) is 6.04 Å². The minimum atomic E-state index is -0.626. The second-order valence-corrected chi connectivity index (χ2v) is 6.27. The van der Waals surface area contributed by atoms with Crippen LogP contribution in [0.15, 0.2) is 36.4 Å².